The van der Waals surface area contributed by atoms with Crippen molar-refractivity contribution in [1.29, 1.82) is 0 Å². The van der Waals surface area contributed by atoms with Gasteiger partial charge >= 0.3 is 0 Å². The Labute approximate surface area is 120 Å². The van der Waals surface area contributed by atoms with Crippen LogP contribution in [0, 0.1) is 6.92 Å². The van der Waals surface area contributed by atoms with E-state index in [9.17, 15) is 4.79 Å². The van der Waals surface area contributed by atoms with Crippen LogP contribution in [0.3, 0.4) is 0 Å². The average Bonchev–Trinajstić information content (AvgIpc) is 2.74. The molecule has 0 saturated heterocycles. The Bertz CT molecular complexity index is 580. The van der Waals surface area contributed by atoms with Gasteiger partial charge in [0.05, 0.1) is 10.0 Å². The number of amides is 1. The van der Waals surface area contributed by atoms with Crippen LogP contribution < -0.4 is 5.32 Å². The van der Waals surface area contributed by atoms with Crippen molar-refractivity contribution >= 4 is 34.7 Å². The molecule has 0 fully saturated rings. The molecule has 1 amide bonds. The van der Waals surface area contributed by atoms with Crippen LogP contribution in [0.2, 0.25) is 5.02 Å². The summed E-state index contributed by atoms with van der Waals surface area (Å²) in [5, 5.41) is 4.17. The van der Waals surface area contributed by atoms with E-state index in [0.29, 0.717) is 16.5 Å². The lowest BCUT2D eigenvalue weighted by Gasteiger charge is -2.03. The molecule has 0 atom stereocenters. The predicted octanol–water partition coefficient (Wildman–Crippen LogP) is 3.70. The van der Waals surface area contributed by atoms with Crippen molar-refractivity contribution in [2.75, 3.05) is 5.32 Å². The van der Waals surface area contributed by atoms with Crippen molar-refractivity contribution in [3.8, 4) is 0 Å². The standard InChI is InChI=1S/C13H14ClN3OS/c1-3-4-10-12(16-8(2)19-10)13(18)17-11-6-5-9(14)7-15-11/h5-7H,3-4H2,1-2H3,(H,15,17,18). The molecule has 100 valence electrons. The molecule has 4 nitrogen and oxygen atoms in total. The van der Waals surface area contributed by atoms with Gasteiger partial charge in [0, 0.05) is 11.1 Å². The molecule has 2 aromatic rings. The van der Waals surface area contributed by atoms with Gasteiger partial charge in [-0.15, -0.1) is 11.3 Å². The van der Waals surface area contributed by atoms with Crippen LogP contribution in [0.15, 0.2) is 18.3 Å². The van der Waals surface area contributed by atoms with E-state index < -0.39 is 0 Å². The molecule has 6 heteroatoms. The van der Waals surface area contributed by atoms with Gasteiger partial charge in [0.2, 0.25) is 0 Å². The van der Waals surface area contributed by atoms with Crippen LogP contribution in [0.5, 0.6) is 0 Å². The smallest absolute Gasteiger partial charge is 0.276 e. The molecule has 0 unspecified atom stereocenters. The van der Waals surface area contributed by atoms with E-state index in [1.807, 2.05) is 6.92 Å². The van der Waals surface area contributed by atoms with Crippen molar-refractivity contribution in [3.05, 3.63) is 38.9 Å². The number of rotatable bonds is 4. The molecule has 0 aromatic carbocycles. The normalized spacial score (nSPS) is 10.5. The van der Waals surface area contributed by atoms with Crippen LogP contribution in [0.4, 0.5) is 5.82 Å². The lowest BCUT2D eigenvalue weighted by atomic mass is 10.2. The molecule has 0 saturated carbocycles. The minimum atomic E-state index is -0.220. The highest BCUT2D eigenvalue weighted by atomic mass is 35.5. The molecule has 2 rings (SSSR count). The second kappa shape index (κ2) is 6.12. The SMILES string of the molecule is CCCc1sc(C)nc1C(=O)Nc1ccc(Cl)cn1. The Kier molecular flexibility index (Phi) is 4.50. The van der Waals surface area contributed by atoms with Gasteiger partial charge in [-0.05, 0) is 25.5 Å². The van der Waals surface area contributed by atoms with Gasteiger partial charge in [-0.25, -0.2) is 9.97 Å². The van der Waals surface area contributed by atoms with E-state index in [1.165, 1.54) is 6.20 Å². The number of carbonyl (C=O) groups excluding carboxylic acids is 1. The Morgan fingerprint density at radius 1 is 1.47 bits per heavy atom. The first-order valence-electron chi connectivity index (χ1n) is 5.99. The summed E-state index contributed by atoms with van der Waals surface area (Å²) >= 11 is 7.32. The van der Waals surface area contributed by atoms with Crippen molar-refractivity contribution in [2.45, 2.75) is 26.7 Å². The van der Waals surface area contributed by atoms with Crippen molar-refractivity contribution in [1.82, 2.24) is 9.97 Å². The van der Waals surface area contributed by atoms with Gasteiger partial charge in [0.1, 0.15) is 11.5 Å². The fraction of sp³-hybridized carbons (Fsp3) is 0.308. The van der Waals surface area contributed by atoms with Crippen molar-refractivity contribution in [2.24, 2.45) is 0 Å². The summed E-state index contributed by atoms with van der Waals surface area (Å²) in [6, 6.07) is 3.35. The molecule has 19 heavy (non-hydrogen) atoms. The summed E-state index contributed by atoms with van der Waals surface area (Å²) in [4.78, 5) is 21.5. The van der Waals surface area contributed by atoms with E-state index >= 15 is 0 Å². The Morgan fingerprint density at radius 2 is 2.26 bits per heavy atom. The summed E-state index contributed by atoms with van der Waals surface area (Å²) in [6.07, 6.45) is 3.35. The third-order valence-corrected chi connectivity index (χ3v) is 3.72. The Balaban J connectivity index is 2.17. The Morgan fingerprint density at radius 3 is 2.89 bits per heavy atom. The number of halogens is 1. The number of carbonyl (C=O) groups is 1. The summed E-state index contributed by atoms with van der Waals surface area (Å²) in [7, 11) is 0. The molecular weight excluding hydrogens is 282 g/mol. The maximum Gasteiger partial charge on any atom is 0.276 e. The summed E-state index contributed by atoms with van der Waals surface area (Å²) in [6.45, 7) is 3.98. The van der Waals surface area contributed by atoms with Gasteiger partial charge in [0.25, 0.3) is 5.91 Å². The highest BCUT2D eigenvalue weighted by Gasteiger charge is 2.16. The van der Waals surface area contributed by atoms with Crippen LogP contribution in [-0.2, 0) is 6.42 Å². The van der Waals surface area contributed by atoms with E-state index in [2.05, 4.69) is 22.2 Å². The number of nitrogens with one attached hydrogen (secondary N) is 1. The zero-order valence-electron chi connectivity index (χ0n) is 10.7. The summed E-state index contributed by atoms with van der Waals surface area (Å²) in [5.41, 5.74) is 0.501. The number of hydrogen-bond acceptors (Lipinski definition) is 4. The van der Waals surface area contributed by atoms with Gasteiger partial charge in [0.15, 0.2) is 0 Å². The van der Waals surface area contributed by atoms with Gasteiger partial charge in [-0.1, -0.05) is 24.9 Å². The van der Waals surface area contributed by atoms with Crippen LogP contribution in [0.25, 0.3) is 0 Å². The fourth-order valence-electron chi connectivity index (χ4n) is 1.67. The second-order valence-corrected chi connectivity index (χ2v) is 5.79. The number of nitrogens with zero attached hydrogens (tertiary/aromatic N) is 2. The number of anilines is 1. The first kappa shape index (κ1) is 14.0. The third-order valence-electron chi connectivity index (χ3n) is 2.47. The average molecular weight is 296 g/mol. The van der Waals surface area contributed by atoms with E-state index in [4.69, 9.17) is 11.6 Å². The summed E-state index contributed by atoms with van der Waals surface area (Å²) < 4.78 is 0. The zero-order valence-corrected chi connectivity index (χ0v) is 12.3. The minimum absolute atomic E-state index is 0.220. The zero-order chi connectivity index (χ0) is 13.8. The van der Waals surface area contributed by atoms with Crippen LogP contribution in [0.1, 0.15) is 33.7 Å². The second-order valence-electron chi connectivity index (χ2n) is 4.07. The summed E-state index contributed by atoms with van der Waals surface area (Å²) in [5.74, 6) is 0.255. The fourth-order valence-corrected chi connectivity index (χ4v) is 2.81. The lowest BCUT2D eigenvalue weighted by molar-refractivity contribution is 0.102. The predicted molar refractivity (Wildman–Crippen MR) is 78.0 cm³/mol. The first-order chi connectivity index (χ1) is 9.10. The molecule has 2 aromatic heterocycles. The number of aromatic nitrogens is 2. The number of aryl methyl sites for hydroxylation is 2. The Hall–Kier alpha value is -1.46. The van der Waals surface area contributed by atoms with E-state index in [-0.39, 0.29) is 5.91 Å². The molecule has 0 radical (unpaired) electrons. The molecular formula is C13H14ClN3OS. The molecule has 0 bridgehead atoms. The first-order valence-corrected chi connectivity index (χ1v) is 7.18. The number of pyridine rings is 1. The molecule has 0 aliphatic rings. The van der Waals surface area contributed by atoms with E-state index in [1.54, 1.807) is 23.5 Å². The quantitative estimate of drug-likeness (QED) is 0.935. The monoisotopic (exact) mass is 295 g/mol. The minimum Gasteiger partial charge on any atom is -0.305 e. The highest BCUT2D eigenvalue weighted by molar-refractivity contribution is 7.11. The van der Waals surface area contributed by atoms with Gasteiger partial charge in [-0.3, -0.25) is 4.79 Å². The topological polar surface area (TPSA) is 54.9 Å². The van der Waals surface area contributed by atoms with Crippen LogP contribution in [-0.4, -0.2) is 15.9 Å². The van der Waals surface area contributed by atoms with Crippen molar-refractivity contribution in [3.63, 3.8) is 0 Å². The molecule has 2 heterocycles. The molecule has 1 N–H and O–H groups in total. The lowest BCUT2D eigenvalue weighted by Crippen LogP contribution is -2.15. The molecule has 0 aliphatic heterocycles. The van der Waals surface area contributed by atoms with Gasteiger partial charge < -0.3 is 5.32 Å². The number of hydrogen-bond donors (Lipinski definition) is 1. The molecule has 0 spiro atoms. The highest BCUT2D eigenvalue weighted by Crippen LogP contribution is 2.21. The maximum absolute atomic E-state index is 12.2. The van der Waals surface area contributed by atoms with Crippen molar-refractivity contribution < 1.29 is 4.79 Å². The largest absolute Gasteiger partial charge is 0.305 e. The maximum atomic E-state index is 12.2. The molecule has 0 aliphatic carbocycles. The third kappa shape index (κ3) is 3.52. The van der Waals surface area contributed by atoms with E-state index in [0.717, 1.165) is 22.7 Å². The van der Waals surface area contributed by atoms with Gasteiger partial charge in [-0.2, -0.15) is 0 Å². The van der Waals surface area contributed by atoms with Crippen LogP contribution >= 0.6 is 22.9 Å². The number of thiazole rings is 1.